The number of nitrogens with one attached hydrogen (secondary N) is 1. The van der Waals surface area contributed by atoms with Gasteiger partial charge in [0.25, 0.3) is 0 Å². The Morgan fingerprint density at radius 3 is 2.44 bits per heavy atom. The number of benzene rings is 1. The van der Waals surface area contributed by atoms with Gasteiger partial charge in [-0.05, 0) is 18.6 Å². The van der Waals surface area contributed by atoms with Crippen molar-refractivity contribution in [2.24, 2.45) is 0 Å². The number of para-hydroxylation sites is 1. The highest BCUT2D eigenvalue weighted by Gasteiger charge is 1.88. The van der Waals surface area contributed by atoms with Crippen molar-refractivity contribution in [2.75, 3.05) is 5.23 Å². The lowest BCUT2D eigenvalue weighted by atomic mass is 10.2. The van der Waals surface area contributed by atoms with Gasteiger partial charge in [-0.25, -0.2) is 0 Å². The average Bonchev–Trinajstić information content (AvgIpc) is 1.89. The molecule has 0 bridgehead atoms. The monoisotopic (exact) mass is 119 g/mol. The number of rotatable bonds is 1. The van der Waals surface area contributed by atoms with Crippen molar-refractivity contribution in [1.29, 1.82) is 0 Å². The molecule has 1 rings (SSSR count). The highest BCUT2D eigenvalue weighted by molar-refractivity contribution is 6.16. The van der Waals surface area contributed by atoms with E-state index in [9.17, 15) is 0 Å². The second-order valence-electron chi connectivity index (χ2n) is 2.06. The van der Waals surface area contributed by atoms with Crippen molar-refractivity contribution < 1.29 is 0 Å². The van der Waals surface area contributed by atoms with E-state index in [0.29, 0.717) is 0 Å². The Labute approximate surface area is 56.5 Å². The van der Waals surface area contributed by atoms with Gasteiger partial charge in [0.05, 0.1) is 0 Å². The Kier molecular flexibility index (Phi) is 1.78. The van der Waals surface area contributed by atoms with Crippen LogP contribution >= 0.6 is 0 Å². The Hall–Kier alpha value is -0.915. The number of anilines is 1. The van der Waals surface area contributed by atoms with Gasteiger partial charge in [-0.2, -0.15) is 0 Å². The second kappa shape index (κ2) is 2.58. The molecule has 1 aromatic carbocycles. The van der Waals surface area contributed by atoms with Gasteiger partial charge in [-0.1, -0.05) is 18.2 Å². The molecular formula is C7H10BN. The van der Waals surface area contributed by atoms with Crippen molar-refractivity contribution in [3.8, 4) is 0 Å². The molecule has 0 saturated carbocycles. The van der Waals surface area contributed by atoms with Crippen LogP contribution in [0.15, 0.2) is 24.3 Å². The molecule has 0 aliphatic rings. The standard InChI is InChI=1S/C7H10BN/c1-6-4-2-3-5-7(6)9-8/h2-5,9H,8H2,1H3. The van der Waals surface area contributed by atoms with Crippen LogP contribution in [-0.4, -0.2) is 7.98 Å². The third-order valence-electron chi connectivity index (χ3n) is 1.41. The lowest BCUT2D eigenvalue weighted by Crippen LogP contribution is -1.91. The molecule has 2 heteroatoms. The summed E-state index contributed by atoms with van der Waals surface area (Å²) >= 11 is 0. The molecule has 0 fully saturated rings. The van der Waals surface area contributed by atoms with E-state index in [-0.39, 0.29) is 0 Å². The van der Waals surface area contributed by atoms with Gasteiger partial charge in [-0.15, -0.1) is 0 Å². The van der Waals surface area contributed by atoms with E-state index in [4.69, 9.17) is 0 Å². The maximum absolute atomic E-state index is 3.10. The first-order chi connectivity index (χ1) is 4.34. The first kappa shape index (κ1) is 6.21. The zero-order valence-corrected chi connectivity index (χ0v) is 5.81. The molecule has 0 saturated heterocycles. The summed E-state index contributed by atoms with van der Waals surface area (Å²) in [6, 6.07) is 8.22. The highest BCUT2D eigenvalue weighted by atomic mass is 14.7. The second-order valence-corrected chi connectivity index (χ2v) is 2.06. The van der Waals surface area contributed by atoms with E-state index in [2.05, 4.69) is 24.3 Å². The van der Waals surface area contributed by atoms with Crippen LogP contribution in [0.4, 0.5) is 5.69 Å². The van der Waals surface area contributed by atoms with Gasteiger partial charge in [-0.3, -0.25) is 0 Å². The molecule has 0 unspecified atom stereocenters. The molecule has 0 heterocycles. The maximum atomic E-state index is 3.10. The highest BCUT2D eigenvalue weighted by Crippen LogP contribution is 2.10. The van der Waals surface area contributed by atoms with Gasteiger partial charge in [0.2, 0.25) is 7.98 Å². The Bertz CT molecular complexity index is 198. The van der Waals surface area contributed by atoms with Crippen LogP contribution in [-0.2, 0) is 0 Å². The minimum Gasteiger partial charge on any atom is -0.434 e. The van der Waals surface area contributed by atoms with Crippen LogP contribution in [0.5, 0.6) is 0 Å². The van der Waals surface area contributed by atoms with E-state index in [1.807, 2.05) is 20.1 Å². The largest absolute Gasteiger partial charge is 0.434 e. The smallest absolute Gasteiger partial charge is 0.213 e. The summed E-state index contributed by atoms with van der Waals surface area (Å²) in [6.45, 7) is 2.09. The minimum absolute atomic E-state index is 1.21. The fourth-order valence-corrected chi connectivity index (χ4v) is 0.853. The summed E-state index contributed by atoms with van der Waals surface area (Å²) in [5.74, 6) is 0. The van der Waals surface area contributed by atoms with E-state index in [1.165, 1.54) is 11.3 Å². The zero-order chi connectivity index (χ0) is 6.69. The van der Waals surface area contributed by atoms with Gasteiger partial charge < -0.3 is 5.23 Å². The molecule has 0 spiro atoms. The van der Waals surface area contributed by atoms with Crippen molar-refractivity contribution in [3.05, 3.63) is 29.8 Å². The summed E-state index contributed by atoms with van der Waals surface area (Å²) in [5.41, 5.74) is 2.50. The maximum Gasteiger partial charge on any atom is 0.213 e. The van der Waals surface area contributed by atoms with Gasteiger partial charge in [0.15, 0.2) is 0 Å². The third-order valence-corrected chi connectivity index (χ3v) is 1.41. The molecule has 0 atom stereocenters. The van der Waals surface area contributed by atoms with E-state index in [0.717, 1.165) is 0 Å². The molecule has 1 N–H and O–H groups in total. The van der Waals surface area contributed by atoms with E-state index in [1.54, 1.807) is 0 Å². The van der Waals surface area contributed by atoms with Gasteiger partial charge in [0.1, 0.15) is 0 Å². The number of hydrogen-bond donors (Lipinski definition) is 1. The molecule has 0 amide bonds. The minimum atomic E-state index is 1.21. The van der Waals surface area contributed by atoms with E-state index < -0.39 is 0 Å². The van der Waals surface area contributed by atoms with Crippen molar-refractivity contribution in [1.82, 2.24) is 0 Å². The Morgan fingerprint density at radius 1 is 1.33 bits per heavy atom. The predicted molar refractivity (Wildman–Crippen MR) is 43.3 cm³/mol. The molecule has 9 heavy (non-hydrogen) atoms. The lowest BCUT2D eigenvalue weighted by molar-refractivity contribution is 1.47. The summed E-state index contributed by atoms with van der Waals surface area (Å²) in [5, 5.41) is 3.10. The van der Waals surface area contributed by atoms with Crippen molar-refractivity contribution >= 4 is 13.7 Å². The normalized spacial score (nSPS) is 9.00. The molecule has 0 radical (unpaired) electrons. The van der Waals surface area contributed by atoms with Crippen molar-refractivity contribution in [3.63, 3.8) is 0 Å². The topological polar surface area (TPSA) is 12.0 Å². The van der Waals surface area contributed by atoms with Crippen LogP contribution in [0.3, 0.4) is 0 Å². The first-order valence-corrected chi connectivity index (χ1v) is 3.08. The first-order valence-electron chi connectivity index (χ1n) is 3.08. The van der Waals surface area contributed by atoms with Crippen LogP contribution in [0, 0.1) is 6.92 Å². The Balaban J connectivity index is 3.01. The predicted octanol–water partition coefficient (Wildman–Crippen LogP) is 0.955. The van der Waals surface area contributed by atoms with Crippen LogP contribution < -0.4 is 5.23 Å². The average molecular weight is 119 g/mol. The molecule has 0 aromatic heterocycles. The quantitative estimate of drug-likeness (QED) is 0.542. The number of aryl methyl sites for hydroxylation is 1. The van der Waals surface area contributed by atoms with Crippen LogP contribution in [0.1, 0.15) is 5.56 Å². The summed E-state index contributed by atoms with van der Waals surface area (Å²) in [4.78, 5) is 0. The molecular weight excluding hydrogens is 109 g/mol. The van der Waals surface area contributed by atoms with Gasteiger partial charge >= 0.3 is 0 Å². The van der Waals surface area contributed by atoms with Gasteiger partial charge in [0, 0.05) is 5.69 Å². The van der Waals surface area contributed by atoms with Crippen LogP contribution in [0.25, 0.3) is 0 Å². The molecule has 1 aromatic rings. The molecule has 46 valence electrons. The lowest BCUT2D eigenvalue weighted by Gasteiger charge is -2.01. The summed E-state index contributed by atoms with van der Waals surface area (Å²) in [7, 11) is 1.93. The fraction of sp³-hybridized carbons (Fsp3) is 0.143. The SMILES string of the molecule is BNc1ccccc1C. The molecule has 0 aliphatic carbocycles. The number of hydrogen-bond acceptors (Lipinski definition) is 1. The molecule has 1 nitrogen and oxygen atoms in total. The van der Waals surface area contributed by atoms with E-state index >= 15 is 0 Å². The molecule has 0 aliphatic heterocycles. The fourth-order valence-electron chi connectivity index (χ4n) is 0.853. The third kappa shape index (κ3) is 1.25. The Morgan fingerprint density at radius 2 is 2.00 bits per heavy atom. The summed E-state index contributed by atoms with van der Waals surface area (Å²) < 4.78 is 0. The summed E-state index contributed by atoms with van der Waals surface area (Å²) in [6.07, 6.45) is 0. The van der Waals surface area contributed by atoms with Crippen molar-refractivity contribution in [2.45, 2.75) is 6.92 Å². The van der Waals surface area contributed by atoms with Crippen LogP contribution in [0.2, 0.25) is 0 Å². The zero-order valence-electron chi connectivity index (χ0n) is 5.81.